The molecule has 66 heavy (non-hydrogen) atoms. The van der Waals surface area contributed by atoms with Gasteiger partial charge in [-0.05, 0) is 96.3 Å². The van der Waals surface area contributed by atoms with Gasteiger partial charge in [0, 0.05) is 19.3 Å². The number of unbranched alkanes of at least 4 members (excludes halogenated alkanes) is 24. The normalized spacial score (nSPS) is 13.7. The summed E-state index contributed by atoms with van der Waals surface area (Å²) in [5.74, 6) is -1.04. The summed E-state index contributed by atoms with van der Waals surface area (Å²) in [5, 5.41) is 30.4. The van der Waals surface area contributed by atoms with Crippen molar-refractivity contribution in [1.29, 1.82) is 0 Å². The Labute approximate surface area is 405 Å². The second-order valence-corrected chi connectivity index (χ2v) is 19.0. The van der Waals surface area contributed by atoms with E-state index in [0.29, 0.717) is 19.3 Å². The number of esters is 3. The highest BCUT2D eigenvalue weighted by molar-refractivity contribution is 5.71. The molecule has 9 nitrogen and oxygen atoms in total. The van der Waals surface area contributed by atoms with E-state index in [0.717, 1.165) is 167 Å². The van der Waals surface area contributed by atoms with Crippen molar-refractivity contribution in [3.63, 3.8) is 0 Å². The third kappa shape index (κ3) is 48.0. The lowest BCUT2D eigenvalue weighted by molar-refractivity contribution is -0.167. The SMILES string of the molecule is CCCCCC[C@H](O)C/C=C\CCCCCCCC(=O)OCC(COC(=O)CCCCCCC/C=C/C[C@H](O)CCCCCC)OC(=O)CCCCCCC/C=C\C[C@H](O)CCCCCC. The molecule has 0 saturated carbocycles. The predicted molar refractivity (Wildman–Crippen MR) is 274 cm³/mol. The number of hydrogen-bond acceptors (Lipinski definition) is 9. The predicted octanol–water partition coefficient (Wildman–Crippen LogP) is 15.0. The van der Waals surface area contributed by atoms with Crippen LogP contribution in [0.3, 0.4) is 0 Å². The van der Waals surface area contributed by atoms with Crippen LogP contribution < -0.4 is 0 Å². The first kappa shape index (κ1) is 63.5. The van der Waals surface area contributed by atoms with E-state index in [4.69, 9.17) is 14.2 Å². The third-order valence-corrected chi connectivity index (χ3v) is 12.3. The summed E-state index contributed by atoms with van der Waals surface area (Å²) in [7, 11) is 0. The monoisotopic (exact) mass is 933 g/mol. The van der Waals surface area contributed by atoms with Gasteiger partial charge in [-0.15, -0.1) is 0 Å². The molecule has 0 rings (SSSR count). The summed E-state index contributed by atoms with van der Waals surface area (Å²) in [6, 6.07) is 0. The molecular weight excluding hydrogens is 829 g/mol. The van der Waals surface area contributed by atoms with Crippen molar-refractivity contribution in [2.24, 2.45) is 0 Å². The smallest absolute Gasteiger partial charge is 0.306 e. The molecule has 9 heteroatoms. The Kier molecular flexibility index (Phi) is 48.5. The summed E-state index contributed by atoms with van der Waals surface area (Å²) in [5.41, 5.74) is 0. The molecule has 0 aliphatic carbocycles. The van der Waals surface area contributed by atoms with Crippen LogP contribution in [0.1, 0.15) is 271 Å². The molecule has 0 aromatic carbocycles. The zero-order chi connectivity index (χ0) is 48.4. The van der Waals surface area contributed by atoms with Crippen molar-refractivity contribution < 1.29 is 43.9 Å². The van der Waals surface area contributed by atoms with Gasteiger partial charge in [0.1, 0.15) is 13.2 Å². The first-order valence-electron chi connectivity index (χ1n) is 27.7. The summed E-state index contributed by atoms with van der Waals surface area (Å²) in [6.07, 6.45) is 48.9. The van der Waals surface area contributed by atoms with Crippen LogP contribution in [0.15, 0.2) is 36.5 Å². The average molecular weight is 933 g/mol. The number of ether oxygens (including phenoxy) is 3. The van der Waals surface area contributed by atoms with Crippen LogP contribution in [0.2, 0.25) is 0 Å². The van der Waals surface area contributed by atoms with Crippen LogP contribution in [0.4, 0.5) is 0 Å². The molecule has 0 aliphatic heterocycles. The summed E-state index contributed by atoms with van der Waals surface area (Å²) < 4.78 is 16.7. The van der Waals surface area contributed by atoms with Gasteiger partial charge in [-0.2, -0.15) is 0 Å². The molecular formula is C57H104O9. The molecule has 0 aromatic heterocycles. The summed E-state index contributed by atoms with van der Waals surface area (Å²) in [4.78, 5) is 38.1. The number of carbonyl (C=O) groups excluding carboxylic acids is 3. The van der Waals surface area contributed by atoms with Crippen LogP contribution in [0.25, 0.3) is 0 Å². The first-order chi connectivity index (χ1) is 32.2. The number of hydrogen-bond donors (Lipinski definition) is 3. The van der Waals surface area contributed by atoms with Gasteiger partial charge in [-0.3, -0.25) is 14.4 Å². The Bertz CT molecular complexity index is 1110. The van der Waals surface area contributed by atoms with Gasteiger partial charge in [0.15, 0.2) is 6.10 Å². The molecule has 1 unspecified atom stereocenters. The third-order valence-electron chi connectivity index (χ3n) is 12.3. The van der Waals surface area contributed by atoms with Crippen LogP contribution in [-0.2, 0) is 28.6 Å². The zero-order valence-electron chi connectivity index (χ0n) is 43.1. The summed E-state index contributed by atoms with van der Waals surface area (Å²) >= 11 is 0. The van der Waals surface area contributed by atoms with Crippen LogP contribution in [0, 0.1) is 0 Å². The van der Waals surface area contributed by atoms with Gasteiger partial charge >= 0.3 is 17.9 Å². The first-order valence-corrected chi connectivity index (χ1v) is 27.7. The molecule has 0 radical (unpaired) electrons. The van der Waals surface area contributed by atoms with Crippen molar-refractivity contribution in [2.45, 2.75) is 296 Å². The quantitative estimate of drug-likeness (QED) is 0.0235. The van der Waals surface area contributed by atoms with Crippen LogP contribution >= 0.6 is 0 Å². The van der Waals surface area contributed by atoms with Crippen molar-refractivity contribution in [2.75, 3.05) is 13.2 Å². The maximum Gasteiger partial charge on any atom is 0.306 e. The molecule has 0 aromatic rings. The number of allylic oxidation sites excluding steroid dienone is 3. The van der Waals surface area contributed by atoms with E-state index in [-0.39, 0.29) is 55.9 Å². The minimum Gasteiger partial charge on any atom is -0.462 e. The second kappa shape index (κ2) is 50.4. The molecule has 0 bridgehead atoms. The lowest BCUT2D eigenvalue weighted by atomic mass is 10.1. The molecule has 0 aliphatic rings. The minimum absolute atomic E-state index is 0.132. The molecule has 0 heterocycles. The highest BCUT2D eigenvalue weighted by Gasteiger charge is 2.19. The number of rotatable bonds is 50. The summed E-state index contributed by atoms with van der Waals surface area (Å²) in [6.45, 7) is 6.33. The molecule has 0 spiro atoms. The largest absolute Gasteiger partial charge is 0.462 e. The van der Waals surface area contributed by atoms with Crippen molar-refractivity contribution in [3.05, 3.63) is 36.5 Å². The van der Waals surface area contributed by atoms with E-state index in [2.05, 4.69) is 57.2 Å². The van der Waals surface area contributed by atoms with Gasteiger partial charge in [0.2, 0.25) is 0 Å². The van der Waals surface area contributed by atoms with Gasteiger partial charge in [0.05, 0.1) is 18.3 Å². The van der Waals surface area contributed by atoms with Gasteiger partial charge in [0.25, 0.3) is 0 Å². The topological polar surface area (TPSA) is 140 Å². The van der Waals surface area contributed by atoms with Crippen LogP contribution in [-0.4, -0.2) is 70.9 Å². The van der Waals surface area contributed by atoms with Crippen LogP contribution in [0.5, 0.6) is 0 Å². The second-order valence-electron chi connectivity index (χ2n) is 19.0. The van der Waals surface area contributed by atoms with E-state index >= 15 is 0 Å². The molecule has 0 saturated heterocycles. The fraction of sp³-hybridized carbons (Fsp3) is 0.842. The zero-order valence-corrected chi connectivity index (χ0v) is 43.1. The van der Waals surface area contributed by atoms with E-state index in [1.165, 1.54) is 57.8 Å². The Morgan fingerprint density at radius 1 is 0.364 bits per heavy atom. The number of carbonyl (C=O) groups is 3. The lowest BCUT2D eigenvalue weighted by Gasteiger charge is -2.18. The molecule has 0 amide bonds. The van der Waals surface area contributed by atoms with Gasteiger partial charge < -0.3 is 29.5 Å². The van der Waals surface area contributed by atoms with Crippen molar-refractivity contribution in [1.82, 2.24) is 0 Å². The van der Waals surface area contributed by atoms with E-state index in [1.54, 1.807) is 0 Å². The van der Waals surface area contributed by atoms with Gasteiger partial charge in [-0.25, -0.2) is 0 Å². The highest BCUT2D eigenvalue weighted by atomic mass is 16.6. The molecule has 3 N–H and O–H groups in total. The maximum absolute atomic E-state index is 12.8. The Hall–Kier alpha value is -2.49. The Morgan fingerprint density at radius 3 is 0.985 bits per heavy atom. The lowest BCUT2D eigenvalue weighted by Crippen LogP contribution is -2.30. The van der Waals surface area contributed by atoms with E-state index in [9.17, 15) is 29.7 Å². The highest BCUT2D eigenvalue weighted by Crippen LogP contribution is 2.15. The fourth-order valence-electron chi connectivity index (χ4n) is 7.95. The number of aliphatic hydroxyl groups is 3. The molecule has 4 atom stereocenters. The van der Waals surface area contributed by atoms with Gasteiger partial charge in [-0.1, -0.05) is 192 Å². The maximum atomic E-state index is 12.8. The molecule has 0 fully saturated rings. The van der Waals surface area contributed by atoms with E-state index in [1.807, 2.05) is 0 Å². The Balaban J connectivity index is 4.51. The van der Waals surface area contributed by atoms with Crippen molar-refractivity contribution >= 4 is 17.9 Å². The average Bonchev–Trinajstić information content (AvgIpc) is 3.30. The number of aliphatic hydroxyl groups excluding tert-OH is 3. The Morgan fingerprint density at radius 2 is 0.652 bits per heavy atom. The van der Waals surface area contributed by atoms with E-state index < -0.39 is 6.10 Å². The fourth-order valence-corrected chi connectivity index (χ4v) is 7.95. The molecule has 386 valence electrons. The minimum atomic E-state index is -0.836. The van der Waals surface area contributed by atoms with Crippen molar-refractivity contribution in [3.8, 4) is 0 Å². The standard InChI is InChI=1S/C57H104O9/c1-4-7-10-31-40-51(58)43-34-25-19-13-16-22-28-37-46-55(61)64-49-54(66-57(63)48-39-30-24-18-15-21-27-36-45-53(60)42-33-12-9-6-3)50-65-56(62)47-38-29-23-17-14-20-26-35-44-52(59)41-32-11-8-5-2/h25-27,34-36,51-54,58-60H,4-24,28-33,37-50H2,1-3H3/b34-25-,35-26+,36-27-/t51-,52+,53+,54?/m0/s1.